The normalized spacial score (nSPS) is 10.9. The molecular formula is C4H21NO6. The van der Waals surface area contributed by atoms with Crippen LogP contribution in [0.3, 0.4) is 0 Å². The van der Waals surface area contributed by atoms with Crippen molar-refractivity contribution in [3.8, 4) is 0 Å². The summed E-state index contributed by atoms with van der Waals surface area (Å²) < 4.78 is 0. The first-order valence-corrected chi connectivity index (χ1v) is 2.21. The summed E-state index contributed by atoms with van der Waals surface area (Å²) in [4.78, 5) is 0. The van der Waals surface area contributed by atoms with Crippen molar-refractivity contribution < 1.29 is 32.9 Å². The number of rotatable bonds is 0. The molecule has 0 aromatic carbocycles. The van der Waals surface area contributed by atoms with E-state index in [-0.39, 0.29) is 32.9 Å². The molecule has 1 heterocycles. The van der Waals surface area contributed by atoms with Crippen LogP contribution < -0.4 is 5.32 Å². The second kappa shape index (κ2) is 33.2. The van der Waals surface area contributed by atoms with Crippen LogP contribution in [-0.2, 0) is 0 Å². The molecule has 7 nitrogen and oxygen atoms in total. The van der Waals surface area contributed by atoms with E-state index >= 15 is 0 Å². The Hall–Kier alpha value is -0.280. The van der Waals surface area contributed by atoms with E-state index in [4.69, 9.17) is 0 Å². The van der Waals surface area contributed by atoms with E-state index < -0.39 is 0 Å². The smallest absolute Gasteiger partial charge is 0.00484 e. The minimum absolute atomic E-state index is 0. The molecule has 11 heavy (non-hydrogen) atoms. The molecule has 0 aromatic heterocycles. The molecule has 0 spiro atoms. The zero-order valence-corrected chi connectivity index (χ0v) is 6.33. The lowest BCUT2D eigenvalue weighted by Crippen LogP contribution is -2.03. The van der Waals surface area contributed by atoms with E-state index in [1.807, 2.05) is 0 Å². The topological polar surface area (TPSA) is 201 Å². The Morgan fingerprint density at radius 2 is 0.818 bits per heavy atom. The summed E-state index contributed by atoms with van der Waals surface area (Å²) in [7, 11) is 0. The Labute approximate surface area is 65.3 Å². The van der Waals surface area contributed by atoms with Crippen LogP contribution in [0.15, 0.2) is 0 Å². The van der Waals surface area contributed by atoms with Crippen molar-refractivity contribution in [3.05, 3.63) is 0 Å². The third kappa shape index (κ3) is 26.0. The van der Waals surface area contributed by atoms with Crippen LogP contribution in [0.4, 0.5) is 0 Å². The average Bonchev–Trinajstić information content (AvgIpc) is 1.76. The first-order valence-electron chi connectivity index (χ1n) is 2.21. The van der Waals surface area contributed by atoms with Crippen molar-refractivity contribution in [2.24, 2.45) is 0 Å². The lowest BCUT2D eigenvalue weighted by molar-refractivity contribution is 0.823. The first-order chi connectivity index (χ1) is 2.50. The molecule has 0 bridgehead atoms. The maximum atomic E-state index is 3.22. The number of hydrogen-bond donors (Lipinski definition) is 1. The van der Waals surface area contributed by atoms with Gasteiger partial charge in [0.2, 0.25) is 0 Å². The Morgan fingerprint density at radius 1 is 0.545 bits per heavy atom. The van der Waals surface area contributed by atoms with Gasteiger partial charge in [0.1, 0.15) is 0 Å². The van der Waals surface area contributed by atoms with Crippen LogP contribution in [-0.4, -0.2) is 45.9 Å². The molecule has 1 rings (SSSR count). The molecule has 1 fully saturated rings. The molecule has 13 N–H and O–H groups in total. The van der Waals surface area contributed by atoms with Gasteiger partial charge in [0.05, 0.1) is 0 Å². The SMILES string of the molecule is C1CCNC1.O.O.O.O.O.O. The van der Waals surface area contributed by atoms with Gasteiger partial charge in [-0.05, 0) is 25.9 Å². The maximum Gasteiger partial charge on any atom is -0.00484 e. The summed E-state index contributed by atoms with van der Waals surface area (Å²) in [6.45, 7) is 2.50. The predicted octanol–water partition coefficient (Wildman–Crippen LogP) is -4.58. The van der Waals surface area contributed by atoms with Gasteiger partial charge in [-0.15, -0.1) is 0 Å². The lowest BCUT2D eigenvalue weighted by Gasteiger charge is -1.76. The monoisotopic (exact) mass is 179 g/mol. The predicted molar refractivity (Wildman–Crippen MR) is 43.8 cm³/mol. The van der Waals surface area contributed by atoms with Crippen molar-refractivity contribution in [1.82, 2.24) is 5.32 Å². The van der Waals surface area contributed by atoms with Crippen molar-refractivity contribution in [2.75, 3.05) is 13.1 Å². The average molecular weight is 179 g/mol. The van der Waals surface area contributed by atoms with Crippen LogP contribution in [0.5, 0.6) is 0 Å². The van der Waals surface area contributed by atoms with Gasteiger partial charge in [-0.2, -0.15) is 0 Å². The van der Waals surface area contributed by atoms with Crippen molar-refractivity contribution in [1.29, 1.82) is 0 Å². The van der Waals surface area contributed by atoms with E-state index in [0.29, 0.717) is 0 Å². The van der Waals surface area contributed by atoms with Crippen molar-refractivity contribution >= 4 is 0 Å². The third-order valence-electron chi connectivity index (χ3n) is 0.957. The molecule has 0 amide bonds. The molecule has 0 saturated carbocycles. The second-order valence-electron chi connectivity index (χ2n) is 1.46. The molecule has 0 atom stereocenters. The Balaban J connectivity index is -0.0000000104. The molecule has 0 aromatic rings. The van der Waals surface area contributed by atoms with Gasteiger partial charge in [0.25, 0.3) is 0 Å². The zero-order chi connectivity index (χ0) is 3.54. The fraction of sp³-hybridized carbons (Fsp3) is 1.00. The van der Waals surface area contributed by atoms with Crippen molar-refractivity contribution in [3.63, 3.8) is 0 Å². The summed E-state index contributed by atoms with van der Waals surface area (Å²) >= 11 is 0. The Bertz CT molecular complexity index is 26.2. The van der Waals surface area contributed by atoms with E-state index in [1.165, 1.54) is 25.9 Å². The van der Waals surface area contributed by atoms with Crippen LogP contribution >= 0.6 is 0 Å². The molecule has 1 aliphatic rings. The van der Waals surface area contributed by atoms with Gasteiger partial charge in [-0.25, -0.2) is 0 Å². The molecule has 0 radical (unpaired) electrons. The highest BCUT2D eigenvalue weighted by Gasteiger charge is 1.93. The van der Waals surface area contributed by atoms with E-state index in [0.717, 1.165) is 0 Å². The molecular weight excluding hydrogens is 158 g/mol. The fourth-order valence-electron chi connectivity index (χ4n) is 0.625. The molecule has 0 unspecified atom stereocenters. The van der Waals surface area contributed by atoms with E-state index in [2.05, 4.69) is 5.32 Å². The molecule has 7 heteroatoms. The summed E-state index contributed by atoms with van der Waals surface area (Å²) in [6, 6.07) is 0. The summed E-state index contributed by atoms with van der Waals surface area (Å²) in [5.74, 6) is 0. The molecule has 0 aliphatic carbocycles. The number of hydrogen-bond acceptors (Lipinski definition) is 1. The highest BCUT2D eigenvalue weighted by molar-refractivity contribution is 4.55. The van der Waals surface area contributed by atoms with Gasteiger partial charge in [0, 0.05) is 0 Å². The van der Waals surface area contributed by atoms with Crippen LogP contribution in [0.25, 0.3) is 0 Å². The maximum absolute atomic E-state index is 3.22. The highest BCUT2D eigenvalue weighted by Crippen LogP contribution is 1.90. The summed E-state index contributed by atoms with van der Waals surface area (Å²) in [6.07, 6.45) is 2.78. The Kier molecular flexibility index (Phi) is 137. The van der Waals surface area contributed by atoms with Crippen LogP contribution in [0.2, 0.25) is 0 Å². The lowest BCUT2D eigenvalue weighted by atomic mass is 10.4. The van der Waals surface area contributed by atoms with Crippen molar-refractivity contribution in [2.45, 2.75) is 12.8 Å². The van der Waals surface area contributed by atoms with Gasteiger partial charge in [-0.3, -0.25) is 0 Å². The minimum Gasteiger partial charge on any atom is -0.412 e. The second-order valence-corrected chi connectivity index (χ2v) is 1.46. The molecule has 78 valence electrons. The standard InChI is InChI=1S/C4H9N.6H2O/c1-2-4-5-3-1;;;;;;/h5H,1-4H2;6*1H2. The molecule has 1 aliphatic heterocycles. The first kappa shape index (κ1) is 45.5. The minimum atomic E-state index is 0. The van der Waals surface area contributed by atoms with Gasteiger partial charge in [0.15, 0.2) is 0 Å². The van der Waals surface area contributed by atoms with Crippen LogP contribution in [0, 0.1) is 0 Å². The van der Waals surface area contributed by atoms with Crippen LogP contribution in [0.1, 0.15) is 12.8 Å². The summed E-state index contributed by atoms with van der Waals surface area (Å²) in [5, 5.41) is 3.22. The molecule has 1 saturated heterocycles. The summed E-state index contributed by atoms with van der Waals surface area (Å²) in [5.41, 5.74) is 0. The zero-order valence-electron chi connectivity index (χ0n) is 6.33. The fourth-order valence-corrected chi connectivity index (χ4v) is 0.625. The van der Waals surface area contributed by atoms with Gasteiger partial charge < -0.3 is 38.2 Å². The van der Waals surface area contributed by atoms with E-state index in [9.17, 15) is 0 Å². The highest BCUT2D eigenvalue weighted by atomic mass is 16.0. The third-order valence-corrected chi connectivity index (χ3v) is 0.957. The van der Waals surface area contributed by atoms with E-state index in [1.54, 1.807) is 0 Å². The quantitative estimate of drug-likeness (QED) is 0.383. The van der Waals surface area contributed by atoms with Gasteiger partial charge in [-0.1, -0.05) is 0 Å². The van der Waals surface area contributed by atoms with Gasteiger partial charge >= 0.3 is 0 Å². The Morgan fingerprint density at radius 3 is 0.909 bits per heavy atom. The largest absolute Gasteiger partial charge is 0.412 e. The number of nitrogens with one attached hydrogen (secondary N) is 1.